The van der Waals surface area contributed by atoms with Gasteiger partial charge < -0.3 is 14.7 Å². The molecule has 0 aromatic heterocycles. The van der Waals surface area contributed by atoms with Gasteiger partial charge in [-0.3, -0.25) is 14.5 Å². The largest absolute Gasteiger partial charge is 0.368 e. The van der Waals surface area contributed by atoms with Crippen molar-refractivity contribution in [2.24, 2.45) is 0 Å². The zero-order valence-electron chi connectivity index (χ0n) is 19.1. The number of piperazine rings is 2. The zero-order chi connectivity index (χ0) is 22.1. The first-order valence-electron chi connectivity index (χ1n) is 12.2. The van der Waals surface area contributed by atoms with Crippen molar-refractivity contribution in [3.05, 3.63) is 42.5 Å². The van der Waals surface area contributed by atoms with Crippen molar-refractivity contribution < 1.29 is 9.59 Å². The number of benzene rings is 2. The van der Waals surface area contributed by atoms with Crippen LogP contribution in [-0.4, -0.2) is 84.4 Å². The molecule has 3 fully saturated rings. The highest BCUT2D eigenvalue weighted by Gasteiger charge is 2.41. The molecule has 0 N–H and O–H groups in total. The van der Waals surface area contributed by atoms with Crippen molar-refractivity contribution >= 4 is 28.3 Å². The lowest BCUT2D eigenvalue weighted by Gasteiger charge is -2.41. The van der Waals surface area contributed by atoms with E-state index in [2.05, 4.69) is 59.2 Å². The molecule has 6 nitrogen and oxygen atoms in total. The fourth-order valence-electron chi connectivity index (χ4n) is 5.70. The van der Waals surface area contributed by atoms with E-state index in [4.69, 9.17) is 0 Å². The van der Waals surface area contributed by atoms with Gasteiger partial charge in [-0.1, -0.05) is 36.4 Å². The molecule has 32 heavy (non-hydrogen) atoms. The number of fused-ring (bicyclic) bond motifs is 2. The van der Waals surface area contributed by atoms with Crippen molar-refractivity contribution in [1.82, 2.24) is 14.7 Å². The van der Waals surface area contributed by atoms with E-state index in [-0.39, 0.29) is 24.4 Å². The van der Waals surface area contributed by atoms with E-state index in [9.17, 15) is 9.59 Å². The minimum absolute atomic E-state index is 0.130. The third-order valence-electron chi connectivity index (χ3n) is 7.49. The van der Waals surface area contributed by atoms with Crippen LogP contribution in [-0.2, 0) is 9.59 Å². The molecule has 170 valence electrons. The predicted molar refractivity (Wildman–Crippen MR) is 128 cm³/mol. The Bertz CT molecular complexity index is 987. The summed E-state index contributed by atoms with van der Waals surface area (Å²) >= 11 is 0. The fraction of sp³-hybridized carbons (Fsp3) is 0.538. The molecular formula is C26H34N4O2. The summed E-state index contributed by atoms with van der Waals surface area (Å²) in [5.41, 5.74) is 1.34. The molecule has 6 heteroatoms. The van der Waals surface area contributed by atoms with E-state index in [1.165, 1.54) is 16.5 Å². The highest BCUT2D eigenvalue weighted by molar-refractivity contribution is 5.95. The molecule has 5 rings (SSSR count). The minimum Gasteiger partial charge on any atom is -0.368 e. The third kappa shape index (κ3) is 4.08. The molecule has 2 aromatic rings. The topological polar surface area (TPSA) is 47.1 Å². The number of hydrogen-bond acceptors (Lipinski definition) is 4. The minimum atomic E-state index is -0.182. The summed E-state index contributed by atoms with van der Waals surface area (Å²) in [6, 6.07) is 15.5. The van der Waals surface area contributed by atoms with Crippen molar-refractivity contribution in [3.63, 3.8) is 0 Å². The second kappa shape index (κ2) is 9.10. The Hall–Kier alpha value is -2.60. The summed E-state index contributed by atoms with van der Waals surface area (Å²) in [5, 5.41) is 2.63. The smallest absolute Gasteiger partial charge is 0.245 e. The van der Waals surface area contributed by atoms with Crippen LogP contribution in [0.3, 0.4) is 0 Å². The van der Waals surface area contributed by atoms with Gasteiger partial charge in [0, 0.05) is 49.8 Å². The lowest BCUT2D eigenvalue weighted by atomic mass is 10.1. The zero-order valence-corrected chi connectivity index (χ0v) is 19.1. The van der Waals surface area contributed by atoms with E-state index in [0.717, 1.165) is 58.4 Å². The number of anilines is 1. The molecule has 2 aromatic carbocycles. The van der Waals surface area contributed by atoms with E-state index in [0.29, 0.717) is 12.6 Å². The normalized spacial score (nSPS) is 24.5. The molecule has 0 radical (unpaired) electrons. The first kappa shape index (κ1) is 21.3. The van der Waals surface area contributed by atoms with Gasteiger partial charge in [0.1, 0.15) is 6.04 Å². The maximum atomic E-state index is 12.7. The number of carbonyl (C=O) groups is 2. The van der Waals surface area contributed by atoms with E-state index in [1.807, 2.05) is 0 Å². The van der Waals surface area contributed by atoms with Gasteiger partial charge in [0.25, 0.3) is 0 Å². The predicted octanol–water partition coefficient (Wildman–Crippen LogP) is 2.96. The first-order chi connectivity index (χ1) is 15.6. The molecule has 0 saturated carbocycles. The van der Waals surface area contributed by atoms with Crippen LogP contribution in [0.2, 0.25) is 0 Å². The SMILES string of the molecule is CC1CN(c2cccc3ccccc23)CCN1CCCCN1CC(=O)N2CCCC2C1=O. The molecule has 0 bridgehead atoms. The van der Waals surface area contributed by atoms with Crippen LogP contribution >= 0.6 is 0 Å². The summed E-state index contributed by atoms with van der Waals surface area (Å²) in [6.07, 6.45) is 3.81. The van der Waals surface area contributed by atoms with E-state index >= 15 is 0 Å². The van der Waals surface area contributed by atoms with Gasteiger partial charge in [0.15, 0.2) is 0 Å². The van der Waals surface area contributed by atoms with Gasteiger partial charge in [-0.15, -0.1) is 0 Å². The van der Waals surface area contributed by atoms with Gasteiger partial charge in [-0.2, -0.15) is 0 Å². The van der Waals surface area contributed by atoms with Crippen molar-refractivity contribution in [3.8, 4) is 0 Å². The van der Waals surface area contributed by atoms with Gasteiger partial charge >= 0.3 is 0 Å². The standard InChI is InChI=1S/C26H34N4O2/c1-20-18-28(23-11-6-9-21-8-2-3-10-22(21)23)17-16-27(20)13-4-5-14-29-19-25(31)30-15-7-12-24(30)26(29)32/h2-3,6,8-11,20,24H,4-5,7,12-19H2,1H3. The fourth-order valence-corrected chi connectivity index (χ4v) is 5.70. The lowest BCUT2D eigenvalue weighted by molar-refractivity contribution is -0.153. The number of amides is 2. The molecule has 3 saturated heterocycles. The van der Waals surface area contributed by atoms with Gasteiger partial charge in [0.2, 0.25) is 11.8 Å². The van der Waals surface area contributed by atoms with E-state index in [1.54, 1.807) is 9.80 Å². The molecule has 2 unspecified atom stereocenters. The maximum Gasteiger partial charge on any atom is 0.245 e. The number of carbonyl (C=O) groups excluding carboxylic acids is 2. The van der Waals surface area contributed by atoms with Crippen LogP contribution in [0.4, 0.5) is 5.69 Å². The first-order valence-corrected chi connectivity index (χ1v) is 12.2. The van der Waals surface area contributed by atoms with Crippen LogP contribution in [0.15, 0.2) is 42.5 Å². The molecule has 3 aliphatic rings. The average molecular weight is 435 g/mol. The summed E-state index contributed by atoms with van der Waals surface area (Å²) in [6.45, 7) is 8.23. The monoisotopic (exact) mass is 434 g/mol. The Morgan fingerprint density at radius 1 is 0.938 bits per heavy atom. The van der Waals surface area contributed by atoms with Crippen LogP contribution in [0.5, 0.6) is 0 Å². The molecular weight excluding hydrogens is 400 g/mol. The molecule has 3 aliphatic heterocycles. The number of nitrogens with zero attached hydrogens (tertiary/aromatic N) is 4. The summed E-state index contributed by atoms with van der Waals surface area (Å²) in [7, 11) is 0. The van der Waals surface area contributed by atoms with Gasteiger partial charge in [0.05, 0.1) is 6.54 Å². The number of hydrogen-bond donors (Lipinski definition) is 0. The summed E-state index contributed by atoms with van der Waals surface area (Å²) in [5.74, 6) is 0.296. The highest BCUT2D eigenvalue weighted by atomic mass is 16.2. The van der Waals surface area contributed by atoms with Crippen LogP contribution < -0.4 is 4.90 Å². The number of rotatable bonds is 6. The van der Waals surface area contributed by atoms with Crippen LogP contribution in [0.1, 0.15) is 32.6 Å². The second-order valence-corrected chi connectivity index (χ2v) is 9.54. The van der Waals surface area contributed by atoms with Crippen LogP contribution in [0, 0.1) is 0 Å². The molecule has 0 aliphatic carbocycles. The van der Waals surface area contributed by atoms with Gasteiger partial charge in [-0.25, -0.2) is 0 Å². The van der Waals surface area contributed by atoms with E-state index < -0.39 is 0 Å². The quantitative estimate of drug-likeness (QED) is 0.656. The summed E-state index contributed by atoms with van der Waals surface area (Å²) < 4.78 is 0. The molecule has 0 spiro atoms. The maximum absolute atomic E-state index is 12.7. The Morgan fingerprint density at radius 2 is 1.75 bits per heavy atom. The van der Waals surface area contributed by atoms with Crippen molar-refractivity contribution in [2.75, 3.05) is 50.7 Å². The number of unbranched alkanes of at least 4 members (excludes halogenated alkanes) is 1. The third-order valence-corrected chi connectivity index (χ3v) is 7.49. The van der Waals surface area contributed by atoms with Crippen molar-refractivity contribution in [1.29, 1.82) is 0 Å². The molecule has 3 heterocycles. The summed E-state index contributed by atoms with van der Waals surface area (Å²) in [4.78, 5) is 33.7. The Morgan fingerprint density at radius 3 is 2.62 bits per heavy atom. The molecule has 2 amide bonds. The average Bonchev–Trinajstić information content (AvgIpc) is 3.31. The highest BCUT2D eigenvalue weighted by Crippen LogP contribution is 2.29. The Labute approximate surface area is 190 Å². The van der Waals surface area contributed by atoms with Crippen LogP contribution in [0.25, 0.3) is 10.8 Å². The second-order valence-electron chi connectivity index (χ2n) is 9.54. The van der Waals surface area contributed by atoms with Gasteiger partial charge in [-0.05, 0) is 50.6 Å². The Kier molecular flexibility index (Phi) is 6.05. The Balaban J connectivity index is 1.11. The molecule has 2 atom stereocenters. The van der Waals surface area contributed by atoms with Crippen molar-refractivity contribution in [2.45, 2.75) is 44.7 Å². The lowest BCUT2D eigenvalue weighted by Crippen LogP contribution is -2.57.